The van der Waals surface area contributed by atoms with Crippen molar-refractivity contribution in [1.82, 2.24) is 0 Å². The van der Waals surface area contributed by atoms with E-state index in [0.717, 1.165) is 11.6 Å². The van der Waals surface area contributed by atoms with Crippen molar-refractivity contribution in [1.29, 1.82) is 0 Å². The number of Topliss-reactive ketones (excluding diaryl/α,β-unsaturated/α-hetero) is 2. The molecular weight excluding hydrogens is 767 g/mol. The summed E-state index contributed by atoms with van der Waals surface area (Å²) in [6.45, 7) is 4.64. The second-order valence-corrected chi connectivity index (χ2v) is 14.0. The Morgan fingerprint density at radius 2 is 1.23 bits per heavy atom. The Balaban J connectivity index is 1.16. The summed E-state index contributed by atoms with van der Waals surface area (Å²) < 4.78 is 0. The van der Waals surface area contributed by atoms with Crippen LogP contribution in [-0.4, -0.2) is 55.7 Å². The number of hydrogen-bond donors (Lipinski definition) is 7. The van der Waals surface area contributed by atoms with Crippen molar-refractivity contribution < 1.29 is 49.2 Å². The standard InChI is InChI=1S/C47H41N3O10/c1-5-6-33(25-41(53)31-11-7-30(8-12-31)24-40(52)26(2)23-29-9-17-35(51)18-10-29)45(57)48-34-15-13-32(14-16-34)44(56)49-38-21-19-36(42(54)27(38)3)46(58)50-39-22-20-37(47(59)60)43(55)28(39)4/h1,7-23,33,51,54-55H,6,24-25H2,2-4H3,(H,48,57)(H,49,56)(H,50,58)(H,59,60)/b26-23+/t33-/m1/s1. The Morgan fingerprint density at radius 1 is 0.683 bits per heavy atom. The van der Waals surface area contributed by atoms with E-state index in [1.54, 1.807) is 49.4 Å². The summed E-state index contributed by atoms with van der Waals surface area (Å²) >= 11 is 0. The molecule has 0 radical (unpaired) electrons. The van der Waals surface area contributed by atoms with Gasteiger partial charge in [-0.05, 0) is 104 Å². The summed E-state index contributed by atoms with van der Waals surface area (Å²) in [6, 6.07) is 24.2. The van der Waals surface area contributed by atoms with E-state index in [9.17, 15) is 49.2 Å². The zero-order valence-electron chi connectivity index (χ0n) is 32.8. The van der Waals surface area contributed by atoms with Gasteiger partial charge in [-0.1, -0.05) is 36.4 Å². The van der Waals surface area contributed by atoms with Crippen LogP contribution < -0.4 is 16.0 Å². The highest BCUT2D eigenvalue weighted by atomic mass is 16.4. The molecule has 304 valence electrons. The fourth-order valence-corrected chi connectivity index (χ4v) is 6.14. The summed E-state index contributed by atoms with van der Waals surface area (Å²) in [5, 5.41) is 47.7. The second kappa shape index (κ2) is 19.0. The number of amides is 3. The minimum Gasteiger partial charge on any atom is -0.508 e. The van der Waals surface area contributed by atoms with Gasteiger partial charge >= 0.3 is 5.97 Å². The lowest BCUT2D eigenvalue weighted by atomic mass is 9.93. The van der Waals surface area contributed by atoms with Gasteiger partial charge < -0.3 is 36.4 Å². The van der Waals surface area contributed by atoms with Gasteiger partial charge in [-0.15, -0.1) is 12.3 Å². The third kappa shape index (κ3) is 10.5. The number of nitrogens with one attached hydrogen (secondary N) is 3. The quantitative estimate of drug-likeness (QED) is 0.0311. The van der Waals surface area contributed by atoms with Crippen molar-refractivity contribution >= 4 is 58.4 Å². The van der Waals surface area contributed by atoms with Crippen LogP contribution in [0.4, 0.5) is 17.1 Å². The maximum Gasteiger partial charge on any atom is 0.339 e. The Labute approximate surface area is 345 Å². The maximum absolute atomic E-state index is 13.3. The fraction of sp³-hybridized carbons (Fsp3) is 0.149. The van der Waals surface area contributed by atoms with E-state index in [-0.39, 0.29) is 75.8 Å². The number of hydrogen-bond acceptors (Lipinski definition) is 9. The van der Waals surface area contributed by atoms with E-state index in [2.05, 4.69) is 21.9 Å². The number of phenolic OH excluding ortho intramolecular Hbond substituents is 2. The van der Waals surface area contributed by atoms with E-state index in [0.29, 0.717) is 22.4 Å². The smallest absolute Gasteiger partial charge is 0.339 e. The fourth-order valence-electron chi connectivity index (χ4n) is 6.14. The predicted octanol–water partition coefficient (Wildman–Crippen LogP) is 7.69. The van der Waals surface area contributed by atoms with Gasteiger partial charge in [0, 0.05) is 58.6 Å². The van der Waals surface area contributed by atoms with E-state index < -0.39 is 41.1 Å². The number of carboxylic acid groups (broad SMARTS) is 1. The zero-order valence-corrected chi connectivity index (χ0v) is 32.8. The first-order valence-corrected chi connectivity index (χ1v) is 18.5. The lowest BCUT2D eigenvalue weighted by Gasteiger charge is -2.15. The van der Waals surface area contributed by atoms with Crippen molar-refractivity contribution in [3.05, 3.63) is 147 Å². The molecule has 60 heavy (non-hydrogen) atoms. The van der Waals surface area contributed by atoms with Gasteiger partial charge in [0.2, 0.25) is 5.91 Å². The highest BCUT2D eigenvalue weighted by Crippen LogP contribution is 2.33. The zero-order chi connectivity index (χ0) is 43.7. The minimum absolute atomic E-state index is 0.00689. The van der Waals surface area contributed by atoms with Crippen LogP contribution in [0.3, 0.4) is 0 Å². The molecule has 0 aromatic heterocycles. The summed E-state index contributed by atoms with van der Waals surface area (Å²) in [4.78, 5) is 76.7. The molecule has 0 spiro atoms. The first-order valence-electron chi connectivity index (χ1n) is 18.5. The SMILES string of the molecule is C#CC[C@H](CC(=O)c1ccc(CC(=O)/C(C)=C/c2ccc(O)cc2)cc1)C(=O)Nc1ccc(C(=O)Nc2ccc(C(=O)Nc3ccc(C(=O)O)c(O)c3C)c(O)c2C)cc1. The molecule has 13 heteroatoms. The van der Waals surface area contributed by atoms with E-state index in [4.69, 9.17) is 6.42 Å². The number of aromatic carboxylic acids is 1. The molecule has 0 unspecified atom stereocenters. The lowest BCUT2D eigenvalue weighted by Crippen LogP contribution is -2.25. The van der Waals surface area contributed by atoms with Gasteiger partial charge in [0.15, 0.2) is 11.6 Å². The first-order chi connectivity index (χ1) is 28.6. The van der Waals surface area contributed by atoms with Crippen LogP contribution in [0.5, 0.6) is 17.2 Å². The van der Waals surface area contributed by atoms with Gasteiger partial charge in [-0.3, -0.25) is 24.0 Å². The molecule has 0 saturated carbocycles. The summed E-state index contributed by atoms with van der Waals surface area (Å²) in [7, 11) is 0. The van der Waals surface area contributed by atoms with Crippen LogP contribution in [0.1, 0.15) is 83.5 Å². The van der Waals surface area contributed by atoms with Gasteiger partial charge in [-0.2, -0.15) is 0 Å². The van der Waals surface area contributed by atoms with Crippen LogP contribution >= 0.6 is 0 Å². The molecule has 7 N–H and O–H groups in total. The van der Waals surface area contributed by atoms with Crippen molar-refractivity contribution in [2.75, 3.05) is 16.0 Å². The third-order valence-corrected chi connectivity index (χ3v) is 9.77. The van der Waals surface area contributed by atoms with Crippen molar-refractivity contribution in [2.24, 2.45) is 5.92 Å². The average molecular weight is 808 g/mol. The van der Waals surface area contributed by atoms with Crippen LogP contribution in [0.15, 0.2) is 103 Å². The molecule has 5 aromatic rings. The van der Waals surface area contributed by atoms with Crippen molar-refractivity contribution in [2.45, 2.75) is 40.0 Å². The summed E-state index contributed by atoms with van der Waals surface area (Å²) in [6.07, 6.45) is 7.22. The number of aromatic hydroxyl groups is 3. The number of phenols is 3. The number of anilines is 3. The molecule has 0 saturated heterocycles. The van der Waals surface area contributed by atoms with Crippen LogP contribution in [0, 0.1) is 32.1 Å². The lowest BCUT2D eigenvalue weighted by molar-refractivity contribution is -0.119. The highest BCUT2D eigenvalue weighted by Gasteiger charge is 2.24. The molecule has 0 aliphatic heterocycles. The summed E-state index contributed by atoms with van der Waals surface area (Å²) in [5.41, 5.74) is 3.12. The van der Waals surface area contributed by atoms with E-state index in [1.165, 1.54) is 68.4 Å². The number of carbonyl (C=O) groups is 6. The Bertz CT molecular complexity index is 2570. The maximum atomic E-state index is 13.3. The molecule has 0 fully saturated rings. The molecule has 3 amide bonds. The largest absolute Gasteiger partial charge is 0.508 e. The van der Waals surface area contributed by atoms with Gasteiger partial charge in [0.25, 0.3) is 11.8 Å². The Hall–Kier alpha value is -7.98. The number of benzene rings is 5. The molecule has 13 nitrogen and oxygen atoms in total. The number of allylic oxidation sites excluding steroid dienone is 1. The van der Waals surface area contributed by atoms with E-state index in [1.807, 2.05) is 0 Å². The molecule has 0 bridgehead atoms. The third-order valence-electron chi connectivity index (χ3n) is 9.77. The predicted molar refractivity (Wildman–Crippen MR) is 226 cm³/mol. The first kappa shape index (κ1) is 43.1. The van der Waals surface area contributed by atoms with Crippen LogP contribution in [0.2, 0.25) is 0 Å². The summed E-state index contributed by atoms with van der Waals surface area (Å²) in [5.74, 6) is -2.72. The normalized spacial score (nSPS) is 11.5. The molecule has 1 atom stereocenters. The number of ketones is 2. The molecule has 5 rings (SSSR count). The van der Waals surface area contributed by atoms with Crippen LogP contribution in [-0.2, 0) is 16.0 Å². The Kier molecular flexibility index (Phi) is 13.6. The molecule has 0 heterocycles. The molecule has 5 aromatic carbocycles. The number of carbonyl (C=O) groups excluding carboxylic acids is 5. The molecule has 0 aliphatic rings. The van der Waals surface area contributed by atoms with Crippen molar-refractivity contribution in [3.8, 4) is 29.6 Å². The highest BCUT2D eigenvalue weighted by molar-refractivity contribution is 6.09. The molecular formula is C47H41N3O10. The van der Waals surface area contributed by atoms with Crippen molar-refractivity contribution in [3.63, 3.8) is 0 Å². The number of rotatable bonds is 15. The van der Waals surface area contributed by atoms with Crippen LogP contribution in [0.25, 0.3) is 6.08 Å². The number of terminal acetylenes is 1. The monoisotopic (exact) mass is 807 g/mol. The minimum atomic E-state index is -1.34. The second-order valence-electron chi connectivity index (χ2n) is 14.0. The Morgan fingerprint density at radius 3 is 1.82 bits per heavy atom. The number of carboxylic acids is 1. The van der Waals surface area contributed by atoms with Gasteiger partial charge in [0.05, 0.1) is 11.5 Å². The average Bonchev–Trinajstić information content (AvgIpc) is 3.22. The molecule has 0 aliphatic carbocycles. The topological polar surface area (TPSA) is 219 Å². The van der Waals surface area contributed by atoms with Gasteiger partial charge in [-0.25, -0.2) is 4.79 Å². The van der Waals surface area contributed by atoms with E-state index >= 15 is 0 Å². The van der Waals surface area contributed by atoms with Gasteiger partial charge in [0.1, 0.15) is 22.8 Å².